The van der Waals surface area contributed by atoms with E-state index in [9.17, 15) is 4.79 Å². The summed E-state index contributed by atoms with van der Waals surface area (Å²) in [5.41, 5.74) is 0. The van der Waals surface area contributed by atoms with Crippen LogP contribution < -0.4 is 0 Å². The Morgan fingerprint density at radius 1 is 1.21 bits per heavy atom. The monoisotopic (exact) mass is 278 g/mol. The third-order valence-electron chi connectivity index (χ3n) is 3.45. The maximum Gasteiger partial charge on any atom is 0.319 e. The molecule has 0 spiro atoms. The summed E-state index contributed by atoms with van der Waals surface area (Å²) in [5.74, 6) is -0.0263. The van der Waals surface area contributed by atoms with E-state index in [-0.39, 0.29) is 17.3 Å². The molecule has 1 fully saturated rings. The molecule has 0 aliphatic carbocycles. The van der Waals surface area contributed by atoms with Crippen molar-refractivity contribution in [3.63, 3.8) is 0 Å². The Morgan fingerprint density at radius 2 is 2.00 bits per heavy atom. The van der Waals surface area contributed by atoms with Gasteiger partial charge in [-0.05, 0) is 37.8 Å². The first kappa shape index (κ1) is 14.4. The Morgan fingerprint density at radius 3 is 2.68 bits per heavy atom. The molecule has 1 aromatic rings. The quantitative estimate of drug-likeness (QED) is 0.568. The second kappa shape index (κ2) is 7.59. The van der Waals surface area contributed by atoms with Crippen LogP contribution >= 0.6 is 11.8 Å². The summed E-state index contributed by atoms with van der Waals surface area (Å²) in [5, 5.41) is -0.0233. The third kappa shape index (κ3) is 4.57. The lowest BCUT2D eigenvalue weighted by molar-refractivity contribution is -0.153. The summed E-state index contributed by atoms with van der Waals surface area (Å²) >= 11 is 1.63. The molecular weight excluding hydrogens is 256 g/mol. The number of thioether (sulfide) groups is 1. The summed E-state index contributed by atoms with van der Waals surface area (Å²) < 4.78 is 5.56. The molecule has 0 aromatic heterocycles. The highest BCUT2D eigenvalue weighted by molar-refractivity contribution is 8.00. The smallest absolute Gasteiger partial charge is 0.319 e. The highest BCUT2D eigenvalue weighted by Gasteiger charge is 2.30. The van der Waals surface area contributed by atoms with Crippen LogP contribution in [0.2, 0.25) is 0 Å². The van der Waals surface area contributed by atoms with Crippen molar-refractivity contribution in [2.75, 3.05) is 0 Å². The maximum atomic E-state index is 12.0. The molecule has 2 nitrogen and oxygen atoms in total. The highest BCUT2D eigenvalue weighted by atomic mass is 32.2. The first-order valence-electron chi connectivity index (χ1n) is 7.21. The van der Waals surface area contributed by atoms with Gasteiger partial charge >= 0.3 is 5.97 Å². The van der Waals surface area contributed by atoms with Gasteiger partial charge in [0, 0.05) is 4.90 Å². The van der Waals surface area contributed by atoms with Crippen molar-refractivity contribution in [1.82, 2.24) is 0 Å². The van der Waals surface area contributed by atoms with Gasteiger partial charge in [0.25, 0.3) is 0 Å². The summed E-state index contributed by atoms with van der Waals surface area (Å²) in [4.78, 5) is 13.1. The zero-order chi connectivity index (χ0) is 13.5. The molecule has 2 atom stereocenters. The fraction of sp³-hybridized carbons (Fsp3) is 0.562. The molecule has 104 valence electrons. The van der Waals surface area contributed by atoms with E-state index in [4.69, 9.17) is 4.74 Å². The maximum absolute atomic E-state index is 12.0. The third-order valence-corrected chi connectivity index (χ3v) is 4.70. The average molecular weight is 278 g/mol. The molecule has 1 aromatic carbocycles. The van der Waals surface area contributed by atoms with Crippen molar-refractivity contribution in [3.8, 4) is 0 Å². The lowest BCUT2D eigenvalue weighted by atomic mass is 10.0. The molecule has 0 radical (unpaired) electrons. The van der Waals surface area contributed by atoms with E-state index in [1.165, 1.54) is 19.3 Å². The van der Waals surface area contributed by atoms with Crippen LogP contribution in [0, 0.1) is 0 Å². The topological polar surface area (TPSA) is 26.3 Å². The van der Waals surface area contributed by atoms with Gasteiger partial charge in [0.2, 0.25) is 0 Å². The zero-order valence-electron chi connectivity index (χ0n) is 11.5. The number of unbranched alkanes of at least 4 members (excludes halogenated alkanes) is 2. The number of carbonyl (C=O) groups is 1. The minimum atomic E-state index is -0.0263. The van der Waals surface area contributed by atoms with E-state index in [1.54, 1.807) is 11.8 Å². The number of esters is 1. The van der Waals surface area contributed by atoms with Crippen molar-refractivity contribution in [1.29, 1.82) is 0 Å². The molecule has 0 N–H and O–H groups in total. The number of rotatable bonds is 6. The van der Waals surface area contributed by atoms with E-state index in [0.717, 1.165) is 24.2 Å². The Kier molecular flexibility index (Phi) is 5.77. The first-order valence-corrected chi connectivity index (χ1v) is 8.09. The van der Waals surface area contributed by atoms with E-state index in [2.05, 4.69) is 6.92 Å². The first-order chi connectivity index (χ1) is 9.29. The molecule has 1 heterocycles. The van der Waals surface area contributed by atoms with Gasteiger partial charge in [-0.1, -0.05) is 38.0 Å². The van der Waals surface area contributed by atoms with Gasteiger partial charge in [-0.3, -0.25) is 4.79 Å². The Bertz CT molecular complexity index is 391. The second-order valence-electron chi connectivity index (χ2n) is 5.05. The van der Waals surface area contributed by atoms with Crippen LogP contribution in [0.3, 0.4) is 0 Å². The molecule has 0 bridgehead atoms. The van der Waals surface area contributed by atoms with Crippen molar-refractivity contribution in [3.05, 3.63) is 30.3 Å². The molecule has 19 heavy (non-hydrogen) atoms. The van der Waals surface area contributed by atoms with Gasteiger partial charge in [-0.2, -0.15) is 0 Å². The predicted octanol–water partition coefficient (Wildman–Crippen LogP) is 4.43. The largest absolute Gasteiger partial charge is 0.462 e. The van der Waals surface area contributed by atoms with Crippen LogP contribution in [-0.2, 0) is 9.53 Å². The highest BCUT2D eigenvalue weighted by Crippen LogP contribution is 2.32. The van der Waals surface area contributed by atoms with Crippen molar-refractivity contribution in [2.45, 2.75) is 61.7 Å². The lowest BCUT2D eigenvalue weighted by Gasteiger charge is -2.27. The number of cyclic esters (lactones) is 1. The van der Waals surface area contributed by atoms with E-state index >= 15 is 0 Å². The summed E-state index contributed by atoms with van der Waals surface area (Å²) in [6.45, 7) is 2.19. The number of hydrogen-bond acceptors (Lipinski definition) is 3. The van der Waals surface area contributed by atoms with Crippen molar-refractivity contribution in [2.24, 2.45) is 0 Å². The second-order valence-corrected chi connectivity index (χ2v) is 6.33. The normalized spacial score (nSPS) is 23.1. The van der Waals surface area contributed by atoms with Crippen molar-refractivity contribution < 1.29 is 9.53 Å². The molecule has 2 unspecified atom stereocenters. The molecule has 0 amide bonds. The fourth-order valence-electron chi connectivity index (χ4n) is 2.35. The summed E-state index contributed by atoms with van der Waals surface area (Å²) in [6.07, 6.45) is 6.76. The van der Waals surface area contributed by atoms with Gasteiger partial charge in [-0.25, -0.2) is 0 Å². The summed E-state index contributed by atoms with van der Waals surface area (Å²) in [7, 11) is 0. The van der Waals surface area contributed by atoms with Crippen LogP contribution in [0.1, 0.15) is 45.4 Å². The van der Waals surface area contributed by atoms with Gasteiger partial charge in [0.05, 0.1) is 0 Å². The van der Waals surface area contributed by atoms with Crippen LogP contribution in [0.4, 0.5) is 0 Å². The number of benzene rings is 1. The number of carbonyl (C=O) groups excluding carboxylic acids is 1. The molecule has 3 heteroatoms. The minimum Gasteiger partial charge on any atom is -0.462 e. The van der Waals surface area contributed by atoms with Gasteiger partial charge < -0.3 is 4.74 Å². The molecule has 2 rings (SSSR count). The van der Waals surface area contributed by atoms with Gasteiger partial charge in [-0.15, -0.1) is 11.8 Å². The molecule has 1 saturated heterocycles. The Balaban J connectivity index is 1.79. The lowest BCUT2D eigenvalue weighted by Crippen LogP contribution is -2.32. The molecular formula is C16H22O2S. The number of hydrogen-bond donors (Lipinski definition) is 0. The predicted molar refractivity (Wildman–Crippen MR) is 79.3 cm³/mol. The van der Waals surface area contributed by atoms with E-state index < -0.39 is 0 Å². The van der Waals surface area contributed by atoms with Crippen LogP contribution in [-0.4, -0.2) is 17.3 Å². The van der Waals surface area contributed by atoms with Crippen molar-refractivity contribution >= 4 is 17.7 Å². The van der Waals surface area contributed by atoms with Gasteiger partial charge in [0.1, 0.15) is 11.4 Å². The Labute approximate surface area is 119 Å². The van der Waals surface area contributed by atoms with Crippen LogP contribution in [0.5, 0.6) is 0 Å². The fourth-order valence-corrected chi connectivity index (χ4v) is 3.40. The summed E-state index contributed by atoms with van der Waals surface area (Å²) in [6, 6.07) is 10.1. The SMILES string of the molecule is CCCCCC1CCC(Sc2ccccc2)C(=O)O1. The van der Waals surface area contributed by atoms with E-state index in [0.29, 0.717) is 0 Å². The Hall–Kier alpha value is -0.960. The van der Waals surface area contributed by atoms with Crippen LogP contribution in [0.25, 0.3) is 0 Å². The number of ether oxygens (including phenoxy) is 1. The van der Waals surface area contributed by atoms with Crippen LogP contribution in [0.15, 0.2) is 35.2 Å². The standard InChI is InChI=1S/C16H22O2S/c1-2-3-5-8-13-11-12-15(16(17)18-13)19-14-9-6-4-7-10-14/h4,6-7,9-10,13,15H,2-3,5,8,11-12H2,1H3. The zero-order valence-corrected chi connectivity index (χ0v) is 12.3. The average Bonchev–Trinajstić information content (AvgIpc) is 2.43. The molecule has 1 aliphatic heterocycles. The molecule has 0 saturated carbocycles. The molecule has 1 aliphatic rings. The van der Waals surface area contributed by atoms with Gasteiger partial charge in [0.15, 0.2) is 0 Å². The van der Waals surface area contributed by atoms with E-state index in [1.807, 2.05) is 30.3 Å². The minimum absolute atomic E-state index is 0.0233.